The van der Waals surface area contributed by atoms with E-state index in [1.807, 2.05) is 6.92 Å². The number of rotatable bonds is 13. The second-order valence-electron chi connectivity index (χ2n) is 9.30. The molecule has 0 bridgehead atoms. The number of carbonyl (C=O) groups excluding carboxylic acids is 1. The van der Waals surface area contributed by atoms with Gasteiger partial charge in [0.1, 0.15) is 11.6 Å². The van der Waals surface area contributed by atoms with Gasteiger partial charge >= 0.3 is 0 Å². The fraction of sp³-hybridized carbons (Fsp3) is 0.708. The molecule has 1 aliphatic heterocycles. The van der Waals surface area contributed by atoms with Gasteiger partial charge in [0.2, 0.25) is 5.91 Å². The Bertz CT molecular complexity index is 788. The first-order valence-electron chi connectivity index (χ1n) is 11.6. The molecular weight excluding hydrogens is 489 g/mol. The van der Waals surface area contributed by atoms with Crippen molar-refractivity contribution in [1.82, 2.24) is 10.6 Å². The lowest BCUT2D eigenvalue weighted by molar-refractivity contribution is -0.205. The zero-order chi connectivity index (χ0) is 25.3. The predicted octanol–water partition coefficient (Wildman–Crippen LogP) is 3.11. The summed E-state index contributed by atoms with van der Waals surface area (Å²) in [4.78, 5) is 11.8. The number of benzene rings is 1. The summed E-state index contributed by atoms with van der Waals surface area (Å²) in [5, 5.41) is 17.0. The minimum Gasteiger partial charge on any atom is -0.493 e. The van der Waals surface area contributed by atoms with Gasteiger partial charge in [0.25, 0.3) is 0 Å². The third kappa shape index (κ3) is 9.76. The van der Waals surface area contributed by atoms with Gasteiger partial charge in [-0.3, -0.25) is 13.6 Å². The number of hydrogen-bond donors (Lipinski definition) is 3. The molecule has 1 aliphatic rings. The number of morpholine rings is 1. The summed E-state index contributed by atoms with van der Waals surface area (Å²) in [7, 11) is 0. The maximum atomic E-state index is 14.1. The molecular formula is C24H38ClF3N2O5. The number of amides is 1. The molecule has 0 radical (unpaired) electrons. The predicted molar refractivity (Wildman–Crippen MR) is 129 cm³/mol. The van der Waals surface area contributed by atoms with Crippen molar-refractivity contribution in [2.45, 2.75) is 71.1 Å². The molecule has 2 rings (SSSR count). The molecule has 1 fully saturated rings. The average molecular weight is 527 g/mol. The zero-order valence-electron chi connectivity index (χ0n) is 20.7. The van der Waals surface area contributed by atoms with Crippen LogP contribution in [0.25, 0.3) is 0 Å². The van der Waals surface area contributed by atoms with Crippen molar-refractivity contribution in [3.05, 3.63) is 29.6 Å². The van der Waals surface area contributed by atoms with Gasteiger partial charge in [0.05, 0.1) is 57.4 Å². The van der Waals surface area contributed by atoms with E-state index in [4.69, 9.17) is 14.2 Å². The maximum Gasteiger partial charge on any atom is 0.217 e. The molecule has 0 aliphatic carbocycles. The number of halogens is 4. The first-order chi connectivity index (χ1) is 16.1. The van der Waals surface area contributed by atoms with Gasteiger partial charge in [-0.05, 0) is 37.5 Å². The Morgan fingerprint density at radius 2 is 2.03 bits per heavy atom. The van der Waals surface area contributed by atoms with E-state index in [1.54, 1.807) is 13.0 Å². The van der Waals surface area contributed by atoms with Crippen LogP contribution in [0.5, 0.6) is 5.75 Å². The third-order valence-electron chi connectivity index (χ3n) is 5.64. The van der Waals surface area contributed by atoms with E-state index in [0.29, 0.717) is 17.9 Å². The van der Waals surface area contributed by atoms with Gasteiger partial charge in [-0.2, -0.15) is 0 Å². The number of carbonyl (C=O) groups is 1. The molecule has 0 saturated carbocycles. The van der Waals surface area contributed by atoms with Crippen LogP contribution in [0, 0.1) is 11.2 Å². The highest BCUT2D eigenvalue weighted by Crippen LogP contribution is 2.23. The highest BCUT2D eigenvalue weighted by molar-refractivity contribution is 5.85. The zero-order valence-corrected chi connectivity index (χ0v) is 21.5. The van der Waals surface area contributed by atoms with Gasteiger partial charge in [-0.25, -0.2) is 4.39 Å². The van der Waals surface area contributed by atoms with Gasteiger partial charge < -0.3 is 30.0 Å². The van der Waals surface area contributed by atoms with E-state index in [0.717, 1.165) is 6.42 Å². The van der Waals surface area contributed by atoms with E-state index < -0.39 is 55.1 Å². The van der Waals surface area contributed by atoms with E-state index in [9.17, 15) is 23.1 Å². The molecule has 5 atom stereocenters. The molecule has 3 N–H and O–H groups in total. The molecule has 7 nitrogen and oxygen atoms in total. The minimum absolute atomic E-state index is 0. The SMILES string of the molecule is CCCOc1cc(F)cc(CC(NC(C)=O)C(O)C2COC(OCC(C)(CF)CF)C(C)N2)c1.Cl. The molecule has 1 saturated heterocycles. The standard InChI is InChI=1S/C24H37F3N2O5.ClH/c1-5-6-32-19-8-17(7-18(27)10-19)9-20(29-16(3)30)22(31)21-11-33-23(15(2)28-21)34-14-24(4,12-25)13-26;/h7-8,10,15,20-23,28,31H,5-6,9,11-14H2,1-4H3,(H,29,30);1H. The summed E-state index contributed by atoms with van der Waals surface area (Å²) in [5.74, 6) is -0.430. The van der Waals surface area contributed by atoms with Crippen LogP contribution in [0.4, 0.5) is 13.2 Å². The number of ether oxygens (including phenoxy) is 3. The Morgan fingerprint density at radius 1 is 1.34 bits per heavy atom. The van der Waals surface area contributed by atoms with Crippen LogP contribution < -0.4 is 15.4 Å². The van der Waals surface area contributed by atoms with Crippen molar-refractivity contribution in [3.63, 3.8) is 0 Å². The lowest BCUT2D eigenvalue weighted by atomic mass is 9.94. The van der Waals surface area contributed by atoms with E-state index in [1.165, 1.54) is 26.0 Å². The molecule has 1 aromatic rings. The van der Waals surface area contributed by atoms with Crippen molar-refractivity contribution in [1.29, 1.82) is 0 Å². The topological polar surface area (TPSA) is 89.1 Å². The normalized spacial score (nSPS) is 22.1. The summed E-state index contributed by atoms with van der Waals surface area (Å²) in [6, 6.07) is 2.63. The molecule has 0 spiro atoms. The van der Waals surface area contributed by atoms with Crippen molar-refractivity contribution >= 4 is 18.3 Å². The van der Waals surface area contributed by atoms with Crippen LogP contribution in [-0.2, 0) is 20.7 Å². The number of aliphatic hydroxyl groups excluding tert-OH is 1. The largest absolute Gasteiger partial charge is 0.493 e. The smallest absolute Gasteiger partial charge is 0.217 e. The second kappa shape index (κ2) is 14.8. The molecule has 1 amide bonds. The van der Waals surface area contributed by atoms with Gasteiger partial charge in [-0.1, -0.05) is 13.8 Å². The molecule has 1 aromatic carbocycles. The molecule has 202 valence electrons. The molecule has 0 aromatic heterocycles. The highest BCUT2D eigenvalue weighted by atomic mass is 35.5. The summed E-state index contributed by atoms with van der Waals surface area (Å²) in [6.45, 7) is 5.12. The lowest BCUT2D eigenvalue weighted by Crippen LogP contribution is -2.62. The summed E-state index contributed by atoms with van der Waals surface area (Å²) < 4.78 is 57.1. The van der Waals surface area contributed by atoms with Crippen LogP contribution in [0.15, 0.2) is 18.2 Å². The number of hydrogen-bond acceptors (Lipinski definition) is 6. The summed E-state index contributed by atoms with van der Waals surface area (Å²) >= 11 is 0. The Labute approximate surface area is 211 Å². The van der Waals surface area contributed by atoms with Gasteiger partial charge in [0, 0.05) is 18.4 Å². The highest BCUT2D eigenvalue weighted by Gasteiger charge is 2.37. The summed E-state index contributed by atoms with van der Waals surface area (Å²) in [5.41, 5.74) is -0.674. The van der Waals surface area contributed by atoms with Crippen LogP contribution in [0.2, 0.25) is 0 Å². The van der Waals surface area contributed by atoms with Crippen molar-refractivity contribution in [2.75, 3.05) is 33.2 Å². The molecule has 35 heavy (non-hydrogen) atoms. The number of alkyl halides is 2. The first-order valence-corrected chi connectivity index (χ1v) is 11.6. The van der Waals surface area contributed by atoms with Gasteiger partial charge in [0.15, 0.2) is 6.29 Å². The Morgan fingerprint density at radius 3 is 2.60 bits per heavy atom. The second-order valence-corrected chi connectivity index (χ2v) is 9.30. The van der Waals surface area contributed by atoms with E-state index in [2.05, 4.69) is 10.6 Å². The fourth-order valence-electron chi connectivity index (χ4n) is 3.69. The van der Waals surface area contributed by atoms with Crippen molar-refractivity contribution in [3.8, 4) is 5.75 Å². The Hall–Kier alpha value is -1.59. The van der Waals surface area contributed by atoms with Crippen molar-refractivity contribution < 1.29 is 37.3 Å². The number of aliphatic hydroxyl groups is 1. The monoisotopic (exact) mass is 526 g/mol. The number of nitrogens with one attached hydrogen (secondary N) is 2. The third-order valence-corrected chi connectivity index (χ3v) is 5.64. The Balaban J connectivity index is 0.00000612. The maximum absolute atomic E-state index is 14.1. The van der Waals surface area contributed by atoms with E-state index in [-0.39, 0.29) is 37.9 Å². The van der Waals surface area contributed by atoms with Gasteiger partial charge in [-0.15, -0.1) is 12.4 Å². The molecule has 1 heterocycles. The molecule has 11 heteroatoms. The lowest BCUT2D eigenvalue weighted by Gasteiger charge is -2.40. The fourth-order valence-corrected chi connectivity index (χ4v) is 3.69. The average Bonchev–Trinajstić information content (AvgIpc) is 2.80. The van der Waals surface area contributed by atoms with Crippen LogP contribution >= 0.6 is 12.4 Å². The van der Waals surface area contributed by atoms with Crippen LogP contribution in [-0.4, -0.2) is 74.7 Å². The van der Waals surface area contributed by atoms with E-state index >= 15 is 0 Å². The minimum atomic E-state index is -1.24. The summed E-state index contributed by atoms with van der Waals surface area (Å²) in [6.07, 6.45) is -0.881. The van der Waals surface area contributed by atoms with Crippen LogP contribution in [0.1, 0.15) is 39.7 Å². The van der Waals surface area contributed by atoms with Crippen molar-refractivity contribution in [2.24, 2.45) is 5.41 Å². The Kier molecular flexibility index (Phi) is 13.3. The quantitative estimate of drug-likeness (QED) is 0.366. The molecule has 5 unspecified atom stereocenters. The first kappa shape index (κ1) is 31.4. The van der Waals surface area contributed by atoms with Crippen LogP contribution in [0.3, 0.4) is 0 Å².